The zero-order chi connectivity index (χ0) is 17.6. The number of benzene rings is 1. The van der Waals surface area contributed by atoms with Crippen LogP contribution in [0.3, 0.4) is 0 Å². The van der Waals surface area contributed by atoms with E-state index >= 15 is 0 Å². The number of hydrogen-bond donors (Lipinski definition) is 1. The number of pyridine rings is 1. The second-order valence-corrected chi connectivity index (χ2v) is 6.21. The molecule has 0 unspecified atom stereocenters. The Balaban J connectivity index is 1.59. The summed E-state index contributed by atoms with van der Waals surface area (Å²) >= 11 is 6.30. The van der Waals surface area contributed by atoms with Crippen molar-refractivity contribution in [1.82, 2.24) is 9.88 Å². The molecule has 2 aromatic rings. The van der Waals surface area contributed by atoms with Gasteiger partial charge in [0.2, 0.25) is 0 Å². The number of rotatable bonds is 5. The molecule has 0 aliphatic carbocycles. The number of halogens is 1. The number of aromatic nitrogens is 1. The van der Waals surface area contributed by atoms with E-state index in [2.05, 4.69) is 4.98 Å². The second-order valence-electron chi connectivity index (χ2n) is 5.80. The molecule has 6 nitrogen and oxygen atoms in total. The Hall–Kier alpha value is -2.31. The molecule has 1 amide bonds. The zero-order valence-corrected chi connectivity index (χ0v) is 14.4. The lowest BCUT2D eigenvalue weighted by Gasteiger charge is -2.31. The number of carbonyl (C=O) groups is 1. The molecule has 1 fully saturated rings. The van der Waals surface area contributed by atoms with Crippen LogP contribution < -0.4 is 4.74 Å². The van der Waals surface area contributed by atoms with Crippen molar-refractivity contribution < 1.29 is 19.4 Å². The Bertz CT molecular complexity index is 726. The normalized spacial score (nSPS) is 17.3. The number of amides is 1. The molecule has 0 bridgehead atoms. The summed E-state index contributed by atoms with van der Waals surface area (Å²) in [4.78, 5) is 16.6. The van der Waals surface area contributed by atoms with E-state index < -0.39 is 6.09 Å². The maximum atomic E-state index is 11.1. The van der Waals surface area contributed by atoms with Crippen LogP contribution in [0.2, 0.25) is 5.02 Å². The first-order valence-electron chi connectivity index (χ1n) is 8.02. The monoisotopic (exact) mass is 362 g/mol. The number of morpholine rings is 1. The first kappa shape index (κ1) is 17.5. The van der Waals surface area contributed by atoms with Crippen LogP contribution >= 0.6 is 11.6 Å². The Kier molecular flexibility index (Phi) is 5.73. The number of hydrogen-bond acceptors (Lipinski definition) is 4. The lowest BCUT2D eigenvalue weighted by Crippen LogP contribution is -2.45. The van der Waals surface area contributed by atoms with Gasteiger partial charge in [0.05, 0.1) is 30.0 Å². The van der Waals surface area contributed by atoms with Gasteiger partial charge in [-0.25, -0.2) is 4.79 Å². The fraction of sp³-hybridized carbons (Fsp3) is 0.333. The SMILES string of the molecule is O=C(O)N1CCO[C@H](Cc2ccc(OCc3ccccn3)c(Cl)c2)C1. The topological polar surface area (TPSA) is 71.9 Å². The molecule has 3 rings (SSSR count). The molecule has 1 aliphatic heterocycles. The van der Waals surface area contributed by atoms with Crippen molar-refractivity contribution in [3.63, 3.8) is 0 Å². The molecule has 0 saturated carbocycles. The molecule has 0 spiro atoms. The summed E-state index contributed by atoms with van der Waals surface area (Å²) in [5, 5.41) is 9.60. The first-order chi connectivity index (χ1) is 12.1. The van der Waals surface area contributed by atoms with E-state index in [1.165, 1.54) is 4.90 Å². The second kappa shape index (κ2) is 8.18. The standard InChI is InChI=1S/C18H19ClN2O4/c19-16-10-13(9-15-11-21(18(22)23)7-8-24-15)4-5-17(16)25-12-14-3-1-2-6-20-14/h1-6,10,15H,7-9,11-12H2,(H,22,23)/t15-/m1/s1. The van der Waals surface area contributed by atoms with Crippen molar-refractivity contribution in [1.29, 1.82) is 0 Å². The summed E-state index contributed by atoms with van der Waals surface area (Å²) < 4.78 is 11.4. The largest absolute Gasteiger partial charge is 0.486 e. The first-order valence-corrected chi connectivity index (χ1v) is 8.40. The van der Waals surface area contributed by atoms with Crippen LogP contribution in [0.25, 0.3) is 0 Å². The maximum Gasteiger partial charge on any atom is 0.407 e. The highest BCUT2D eigenvalue weighted by molar-refractivity contribution is 6.32. The Labute approximate surface area is 151 Å². The molecule has 1 aliphatic rings. The summed E-state index contributed by atoms with van der Waals surface area (Å²) in [7, 11) is 0. The number of carboxylic acid groups (broad SMARTS) is 1. The summed E-state index contributed by atoms with van der Waals surface area (Å²) in [5.74, 6) is 0.591. The maximum absolute atomic E-state index is 11.1. The molecule has 1 atom stereocenters. The quantitative estimate of drug-likeness (QED) is 0.884. The van der Waals surface area contributed by atoms with E-state index in [4.69, 9.17) is 26.2 Å². The minimum Gasteiger partial charge on any atom is -0.486 e. The van der Waals surface area contributed by atoms with E-state index in [1.807, 2.05) is 36.4 Å². The van der Waals surface area contributed by atoms with Gasteiger partial charge >= 0.3 is 6.09 Å². The van der Waals surface area contributed by atoms with Crippen LogP contribution in [0.4, 0.5) is 4.79 Å². The van der Waals surface area contributed by atoms with Gasteiger partial charge < -0.3 is 19.5 Å². The van der Waals surface area contributed by atoms with Crippen LogP contribution in [0.15, 0.2) is 42.6 Å². The highest BCUT2D eigenvalue weighted by Gasteiger charge is 2.24. The van der Waals surface area contributed by atoms with Crippen LogP contribution in [0.1, 0.15) is 11.3 Å². The summed E-state index contributed by atoms with van der Waals surface area (Å²) in [6.07, 6.45) is 1.24. The highest BCUT2D eigenvalue weighted by atomic mass is 35.5. The van der Waals surface area contributed by atoms with Crippen molar-refractivity contribution in [3.05, 3.63) is 58.9 Å². The minimum atomic E-state index is -0.912. The van der Waals surface area contributed by atoms with E-state index in [-0.39, 0.29) is 6.10 Å². The molecule has 132 valence electrons. The van der Waals surface area contributed by atoms with Crippen molar-refractivity contribution in [3.8, 4) is 5.75 Å². The molecule has 0 radical (unpaired) electrons. The Morgan fingerprint density at radius 1 is 1.40 bits per heavy atom. The van der Waals surface area contributed by atoms with E-state index in [0.29, 0.717) is 43.5 Å². The van der Waals surface area contributed by atoms with Gasteiger partial charge in [-0.15, -0.1) is 0 Å². The molecule has 1 saturated heterocycles. The van der Waals surface area contributed by atoms with Gasteiger partial charge in [0.1, 0.15) is 12.4 Å². The molecule has 2 heterocycles. The third-order valence-corrected chi connectivity index (χ3v) is 4.27. The Morgan fingerprint density at radius 2 is 2.28 bits per heavy atom. The van der Waals surface area contributed by atoms with Gasteiger partial charge in [0, 0.05) is 19.2 Å². The van der Waals surface area contributed by atoms with Gasteiger partial charge in [-0.2, -0.15) is 0 Å². The lowest BCUT2D eigenvalue weighted by molar-refractivity contribution is -0.0210. The van der Waals surface area contributed by atoms with Crippen LogP contribution in [-0.2, 0) is 17.8 Å². The fourth-order valence-corrected chi connectivity index (χ4v) is 2.96. The van der Waals surface area contributed by atoms with Crippen LogP contribution in [-0.4, -0.2) is 46.9 Å². The van der Waals surface area contributed by atoms with Crippen LogP contribution in [0, 0.1) is 0 Å². The van der Waals surface area contributed by atoms with Crippen molar-refractivity contribution >= 4 is 17.7 Å². The van der Waals surface area contributed by atoms with Crippen molar-refractivity contribution in [2.75, 3.05) is 19.7 Å². The molecule has 7 heteroatoms. The van der Waals surface area contributed by atoms with Gasteiger partial charge in [-0.05, 0) is 29.8 Å². The molecule has 25 heavy (non-hydrogen) atoms. The molecule has 1 aromatic carbocycles. The van der Waals surface area contributed by atoms with E-state index in [0.717, 1.165) is 11.3 Å². The van der Waals surface area contributed by atoms with Gasteiger partial charge in [-0.3, -0.25) is 4.98 Å². The fourth-order valence-electron chi connectivity index (χ4n) is 2.70. The van der Waals surface area contributed by atoms with E-state index in [1.54, 1.807) is 6.20 Å². The van der Waals surface area contributed by atoms with Crippen molar-refractivity contribution in [2.45, 2.75) is 19.1 Å². The smallest absolute Gasteiger partial charge is 0.407 e. The Morgan fingerprint density at radius 3 is 3.00 bits per heavy atom. The summed E-state index contributed by atoms with van der Waals surface area (Å²) in [6.45, 7) is 1.53. The predicted molar refractivity (Wildman–Crippen MR) is 93.1 cm³/mol. The number of ether oxygens (including phenoxy) is 2. The van der Waals surface area contributed by atoms with Crippen molar-refractivity contribution in [2.24, 2.45) is 0 Å². The average molecular weight is 363 g/mol. The molecular formula is C18H19ClN2O4. The van der Waals surface area contributed by atoms with E-state index in [9.17, 15) is 4.79 Å². The summed E-state index contributed by atoms with van der Waals surface area (Å²) in [6, 6.07) is 11.2. The number of nitrogens with zero attached hydrogens (tertiary/aromatic N) is 2. The van der Waals surface area contributed by atoms with Gasteiger partial charge in [0.15, 0.2) is 0 Å². The molecule has 1 N–H and O–H groups in total. The third-order valence-electron chi connectivity index (χ3n) is 3.97. The van der Waals surface area contributed by atoms with Crippen LogP contribution in [0.5, 0.6) is 5.75 Å². The minimum absolute atomic E-state index is 0.166. The van der Waals surface area contributed by atoms with Gasteiger partial charge in [0.25, 0.3) is 0 Å². The predicted octanol–water partition coefficient (Wildman–Crippen LogP) is 3.24. The lowest BCUT2D eigenvalue weighted by atomic mass is 10.1. The molecular weight excluding hydrogens is 344 g/mol. The zero-order valence-electron chi connectivity index (χ0n) is 13.6. The third kappa shape index (κ3) is 4.84. The van der Waals surface area contributed by atoms with Gasteiger partial charge in [-0.1, -0.05) is 23.7 Å². The average Bonchev–Trinajstić information content (AvgIpc) is 2.62. The summed E-state index contributed by atoms with van der Waals surface area (Å²) in [5.41, 5.74) is 1.81. The molecule has 1 aromatic heterocycles. The highest BCUT2D eigenvalue weighted by Crippen LogP contribution is 2.27.